The van der Waals surface area contributed by atoms with Gasteiger partial charge in [-0.2, -0.15) is 0 Å². The quantitative estimate of drug-likeness (QED) is 0.353. The summed E-state index contributed by atoms with van der Waals surface area (Å²) in [6.07, 6.45) is 0. The summed E-state index contributed by atoms with van der Waals surface area (Å²) < 4.78 is 15.3. The number of ether oxygens (including phenoxy) is 3. The number of carbonyl (C=O) groups excluding carboxylic acids is 1. The molecule has 0 amide bonds. The molecule has 0 aliphatic rings. The summed E-state index contributed by atoms with van der Waals surface area (Å²) in [4.78, 5) is 22.0. The number of nitro groups is 1. The van der Waals surface area contributed by atoms with Crippen molar-refractivity contribution in [1.29, 1.82) is 0 Å². The number of nitro benzene ring substituents is 1. The largest absolute Gasteiger partial charge is 0.493 e. The molecule has 2 rings (SSSR count). The van der Waals surface area contributed by atoms with Crippen LogP contribution in [0.15, 0.2) is 48.5 Å². The van der Waals surface area contributed by atoms with Gasteiger partial charge >= 0.3 is 11.7 Å². The Bertz CT molecular complexity index is 685. The Morgan fingerprint density at radius 1 is 1.05 bits per heavy atom. The number of hydrogen-bond acceptors (Lipinski definition) is 6. The van der Waals surface area contributed by atoms with Crippen LogP contribution in [0.5, 0.6) is 17.2 Å². The average molecular weight is 303 g/mol. The maximum Gasteiger partial charge on any atom is 0.349 e. The molecule has 2 aromatic carbocycles. The van der Waals surface area contributed by atoms with Crippen molar-refractivity contribution < 1.29 is 23.9 Å². The van der Waals surface area contributed by atoms with E-state index < -0.39 is 17.5 Å². The molecule has 0 N–H and O–H groups in total. The molecule has 0 aliphatic heterocycles. The summed E-state index contributed by atoms with van der Waals surface area (Å²) in [6.45, 7) is -0.396. The number of nitrogens with zero attached hydrogens (tertiary/aromatic N) is 1. The van der Waals surface area contributed by atoms with E-state index in [1.165, 1.54) is 31.4 Å². The van der Waals surface area contributed by atoms with Crippen LogP contribution in [0.4, 0.5) is 5.69 Å². The van der Waals surface area contributed by atoms with E-state index in [1.54, 1.807) is 24.3 Å². The van der Waals surface area contributed by atoms with Gasteiger partial charge in [0.15, 0.2) is 18.1 Å². The monoisotopic (exact) mass is 303 g/mol. The van der Waals surface area contributed by atoms with Gasteiger partial charge in [0.25, 0.3) is 0 Å². The first-order chi connectivity index (χ1) is 10.6. The van der Waals surface area contributed by atoms with Crippen molar-refractivity contribution in [2.75, 3.05) is 13.7 Å². The van der Waals surface area contributed by atoms with Gasteiger partial charge in [0.1, 0.15) is 0 Å². The van der Waals surface area contributed by atoms with Crippen LogP contribution >= 0.6 is 0 Å². The number of methoxy groups -OCH3 is 1. The van der Waals surface area contributed by atoms with Crippen LogP contribution < -0.4 is 14.2 Å². The fourth-order valence-electron chi connectivity index (χ4n) is 1.72. The van der Waals surface area contributed by atoms with Crippen LogP contribution in [-0.2, 0) is 4.79 Å². The molecule has 0 heterocycles. The maximum absolute atomic E-state index is 11.7. The Hall–Kier alpha value is -3.09. The highest BCUT2D eigenvalue weighted by atomic mass is 16.6. The Morgan fingerprint density at radius 2 is 1.64 bits per heavy atom. The van der Waals surface area contributed by atoms with E-state index in [-0.39, 0.29) is 11.4 Å². The number of carbonyl (C=O) groups is 1. The van der Waals surface area contributed by atoms with E-state index in [9.17, 15) is 14.9 Å². The zero-order valence-corrected chi connectivity index (χ0v) is 11.7. The highest BCUT2D eigenvalue weighted by Gasteiger charge is 2.17. The Balaban J connectivity index is 2.01. The van der Waals surface area contributed by atoms with Gasteiger partial charge in [0.2, 0.25) is 5.75 Å². The first-order valence-corrected chi connectivity index (χ1v) is 6.31. The van der Waals surface area contributed by atoms with Crippen LogP contribution in [-0.4, -0.2) is 24.6 Å². The minimum atomic E-state index is -0.750. The molecular weight excluding hydrogens is 290 g/mol. The van der Waals surface area contributed by atoms with E-state index in [1.807, 2.05) is 0 Å². The molecule has 7 heteroatoms. The van der Waals surface area contributed by atoms with Gasteiger partial charge < -0.3 is 14.2 Å². The smallest absolute Gasteiger partial charge is 0.349 e. The number of hydrogen-bond donors (Lipinski definition) is 0. The third kappa shape index (κ3) is 3.72. The molecule has 0 aromatic heterocycles. The molecule has 0 radical (unpaired) electrons. The lowest BCUT2D eigenvalue weighted by Gasteiger charge is -2.10. The second-order valence-corrected chi connectivity index (χ2v) is 4.14. The Labute approximate surface area is 126 Å². The first-order valence-electron chi connectivity index (χ1n) is 6.31. The van der Waals surface area contributed by atoms with Crippen LogP contribution in [0.3, 0.4) is 0 Å². The summed E-state index contributed by atoms with van der Waals surface area (Å²) in [5, 5.41) is 10.8. The van der Waals surface area contributed by atoms with Gasteiger partial charge in [0.05, 0.1) is 12.0 Å². The molecule has 2 aromatic rings. The summed E-state index contributed by atoms with van der Waals surface area (Å²) in [6, 6.07) is 12.4. The molecule has 0 spiro atoms. The molecule has 0 fully saturated rings. The van der Waals surface area contributed by atoms with E-state index in [4.69, 9.17) is 14.2 Å². The SMILES string of the molecule is COc1ccccc1OCC(=O)Oc1ccccc1[N+](=O)[O-]. The van der Waals surface area contributed by atoms with Crippen molar-refractivity contribution in [2.24, 2.45) is 0 Å². The molecular formula is C15H13NO6. The van der Waals surface area contributed by atoms with Crippen molar-refractivity contribution in [2.45, 2.75) is 0 Å². The van der Waals surface area contributed by atoms with Gasteiger partial charge in [-0.3, -0.25) is 10.1 Å². The van der Waals surface area contributed by atoms with Crippen LogP contribution in [0.2, 0.25) is 0 Å². The van der Waals surface area contributed by atoms with Gasteiger partial charge in [-0.1, -0.05) is 24.3 Å². The molecule has 7 nitrogen and oxygen atoms in total. The minimum Gasteiger partial charge on any atom is -0.493 e. The van der Waals surface area contributed by atoms with Crippen molar-refractivity contribution in [3.8, 4) is 17.2 Å². The Kier molecular flexibility index (Phi) is 4.92. The van der Waals surface area contributed by atoms with E-state index in [0.29, 0.717) is 11.5 Å². The minimum absolute atomic E-state index is 0.124. The normalized spacial score (nSPS) is 9.86. The van der Waals surface area contributed by atoms with Gasteiger partial charge in [-0.15, -0.1) is 0 Å². The number of rotatable bonds is 6. The standard InChI is InChI=1S/C15H13NO6/c1-20-13-8-4-5-9-14(13)21-10-15(17)22-12-7-3-2-6-11(12)16(18)19/h2-9H,10H2,1H3. The molecule has 0 atom stereocenters. The predicted octanol–water partition coefficient (Wildman–Crippen LogP) is 2.59. The highest BCUT2D eigenvalue weighted by Crippen LogP contribution is 2.27. The van der Waals surface area contributed by atoms with Crippen LogP contribution in [0.1, 0.15) is 0 Å². The topological polar surface area (TPSA) is 87.9 Å². The van der Waals surface area contributed by atoms with Gasteiger partial charge in [0, 0.05) is 6.07 Å². The van der Waals surface area contributed by atoms with Crippen molar-refractivity contribution in [1.82, 2.24) is 0 Å². The molecule has 0 aliphatic carbocycles. The number of esters is 1. The first kappa shape index (κ1) is 15.3. The molecule has 0 unspecified atom stereocenters. The third-order valence-corrected chi connectivity index (χ3v) is 2.70. The van der Waals surface area contributed by atoms with Crippen LogP contribution in [0, 0.1) is 10.1 Å². The maximum atomic E-state index is 11.7. The predicted molar refractivity (Wildman–Crippen MR) is 77.2 cm³/mol. The number of para-hydroxylation sites is 4. The zero-order chi connectivity index (χ0) is 15.9. The van der Waals surface area contributed by atoms with Crippen LogP contribution in [0.25, 0.3) is 0 Å². The zero-order valence-electron chi connectivity index (χ0n) is 11.7. The fraction of sp³-hybridized carbons (Fsp3) is 0.133. The van der Waals surface area contributed by atoms with E-state index >= 15 is 0 Å². The lowest BCUT2D eigenvalue weighted by Crippen LogP contribution is -2.18. The summed E-state index contributed by atoms with van der Waals surface area (Å²) in [5.41, 5.74) is -0.284. The fourth-order valence-corrected chi connectivity index (χ4v) is 1.72. The summed E-state index contributed by atoms with van der Waals surface area (Å²) >= 11 is 0. The molecule has 0 saturated carbocycles. The van der Waals surface area contributed by atoms with Crippen molar-refractivity contribution >= 4 is 11.7 Å². The summed E-state index contributed by atoms with van der Waals surface area (Å²) in [7, 11) is 1.48. The molecule has 0 bridgehead atoms. The Morgan fingerprint density at radius 3 is 2.27 bits per heavy atom. The highest BCUT2D eigenvalue weighted by molar-refractivity contribution is 5.75. The van der Waals surface area contributed by atoms with Gasteiger partial charge in [-0.25, -0.2) is 4.79 Å². The lowest BCUT2D eigenvalue weighted by molar-refractivity contribution is -0.385. The molecule has 22 heavy (non-hydrogen) atoms. The third-order valence-electron chi connectivity index (χ3n) is 2.70. The van der Waals surface area contributed by atoms with Gasteiger partial charge in [-0.05, 0) is 18.2 Å². The lowest BCUT2D eigenvalue weighted by atomic mass is 10.3. The number of benzene rings is 2. The summed E-state index contributed by atoms with van der Waals surface area (Å²) in [5.74, 6) is -0.0214. The van der Waals surface area contributed by atoms with Crippen molar-refractivity contribution in [3.05, 3.63) is 58.6 Å². The van der Waals surface area contributed by atoms with E-state index in [0.717, 1.165) is 0 Å². The second-order valence-electron chi connectivity index (χ2n) is 4.14. The second kappa shape index (κ2) is 7.07. The molecule has 114 valence electrons. The molecule has 0 saturated heterocycles. The van der Waals surface area contributed by atoms with Crippen molar-refractivity contribution in [3.63, 3.8) is 0 Å². The van der Waals surface area contributed by atoms with E-state index in [2.05, 4.69) is 0 Å². The average Bonchev–Trinajstić information content (AvgIpc) is 2.53.